The SMILES string of the molecule is Cn1nnnc1-c1cccc(S(=O)O)c1. The number of hydrogen-bond acceptors (Lipinski definition) is 4. The van der Waals surface area contributed by atoms with Crippen molar-refractivity contribution in [2.75, 3.05) is 0 Å². The topological polar surface area (TPSA) is 80.9 Å². The van der Waals surface area contributed by atoms with Gasteiger partial charge in [0.2, 0.25) is 0 Å². The fourth-order valence-electron chi connectivity index (χ4n) is 1.22. The van der Waals surface area contributed by atoms with Crippen LogP contribution in [0.15, 0.2) is 29.2 Å². The summed E-state index contributed by atoms with van der Waals surface area (Å²) in [5, 5.41) is 11.0. The van der Waals surface area contributed by atoms with Crippen LogP contribution in [0.5, 0.6) is 0 Å². The molecule has 2 rings (SSSR count). The quantitative estimate of drug-likeness (QED) is 0.749. The summed E-state index contributed by atoms with van der Waals surface area (Å²) in [5.74, 6) is 0.558. The Morgan fingerprint density at radius 1 is 1.47 bits per heavy atom. The number of hydrogen-bond donors (Lipinski definition) is 1. The number of benzene rings is 1. The Bertz CT molecular complexity index is 511. The first kappa shape index (κ1) is 9.94. The van der Waals surface area contributed by atoms with Gasteiger partial charge < -0.3 is 4.55 Å². The number of aromatic nitrogens is 4. The standard InChI is InChI=1S/C8H8N4O2S/c1-12-8(9-10-11-12)6-3-2-4-7(5-6)15(13)14/h2-5H,1H3,(H,13,14). The second kappa shape index (κ2) is 3.87. The van der Waals surface area contributed by atoms with Crippen LogP contribution < -0.4 is 0 Å². The Morgan fingerprint density at radius 2 is 2.27 bits per heavy atom. The monoisotopic (exact) mass is 224 g/mol. The predicted molar refractivity (Wildman–Crippen MR) is 53.3 cm³/mol. The molecule has 0 amide bonds. The minimum atomic E-state index is -1.99. The van der Waals surface area contributed by atoms with Crippen molar-refractivity contribution >= 4 is 11.1 Å². The van der Waals surface area contributed by atoms with Gasteiger partial charge in [0.25, 0.3) is 0 Å². The Hall–Kier alpha value is -1.60. The van der Waals surface area contributed by atoms with Gasteiger partial charge in [-0.15, -0.1) is 5.10 Å². The van der Waals surface area contributed by atoms with Crippen LogP contribution >= 0.6 is 0 Å². The van der Waals surface area contributed by atoms with Gasteiger partial charge in [-0.05, 0) is 22.6 Å². The minimum Gasteiger partial charge on any atom is -0.302 e. The van der Waals surface area contributed by atoms with Gasteiger partial charge in [-0.1, -0.05) is 12.1 Å². The number of aryl methyl sites for hydroxylation is 1. The van der Waals surface area contributed by atoms with E-state index in [1.165, 1.54) is 4.68 Å². The molecular weight excluding hydrogens is 216 g/mol. The molecule has 0 saturated heterocycles. The third-order valence-electron chi connectivity index (χ3n) is 1.91. The van der Waals surface area contributed by atoms with Gasteiger partial charge in [0.15, 0.2) is 16.9 Å². The maximum atomic E-state index is 10.9. The van der Waals surface area contributed by atoms with E-state index in [1.54, 1.807) is 31.3 Å². The highest BCUT2D eigenvalue weighted by Crippen LogP contribution is 2.17. The van der Waals surface area contributed by atoms with Crippen LogP contribution in [0, 0.1) is 0 Å². The van der Waals surface area contributed by atoms with E-state index in [-0.39, 0.29) is 0 Å². The lowest BCUT2D eigenvalue weighted by molar-refractivity contribution is 0.564. The number of tetrazole rings is 1. The molecule has 1 aromatic carbocycles. The average Bonchev–Trinajstić information content (AvgIpc) is 2.64. The molecule has 6 nitrogen and oxygen atoms in total. The van der Waals surface area contributed by atoms with E-state index < -0.39 is 11.1 Å². The number of nitrogens with zero attached hydrogens (tertiary/aromatic N) is 4. The predicted octanol–water partition coefficient (Wildman–Crippen LogP) is 0.458. The second-order valence-electron chi connectivity index (χ2n) is 2.90. The normalized spacial score (nSPS) is 12.7. The van der Waals surface area contributed by atoms with Crippen molar-refractivity contribution in [3.05, 3.63) is 24.3 Å². The fourth-order valence-corrected chi connectivity index (χ4v) is 1.64. The van der Waals surface area contributed by atoms with Crippen LogP contribution in [0.25, 0.3) is 11.4 Å². The molecule has 1 N–H and O–H groups in total. The molecule has 1 heterocycles. The van der Waals surface area contributed by atoms with E-state index in [1.807, 2.05) is 0 Å². The maximum absolute atomic E-state index is 10.9. The van der Waals surface area contributed by atoms with Crippen molar-refractivity contribution in [1.29, 1.82) is 0 Å². The van der Waals surface area contributed by atoms with Gasteiger partial charge in [0, 0.05) is 12.6 Å². The Labute approximate surface area is 88.2 Å². The first-order chi connectivity index (χ1) is 7.18. The molecule has 0 aliphatic carbocycles. The molecule has 1 aromatic heterocycles. The smallest absolute Gasteiger partial charge is 0.186 e. The van der Waals surface area contributed by atoms with Crippen molar-refractivity contribution < 1.29 is 8.76 Å². The van der Waals surface area contributed by atoms with Crippen LogP contribution in [0.2, 0.25) is 0 Å². The highest BCUT2D eigenvalue weighted by atomic mass is 32.2. The molecule has 7 heteroatoms. The van der Waals surface area contributed by atoms with Crippen molar-refractivity contribution in [3.8, 4) is 11.4 Å². The molecule has 0 bridgehead atoms. The summed E-state index contributed by atoms with van der Waals surface area (Å²) in [5.41, 5.74) is 0.711. The molecule has 2 aromatic rings. The Balaban J connectivity index is 2.50. The lowest BCUT2D eigenvalue weighted by Gasteiger charge is -2.00. The fraction of sp³-hybridized carbons (Fsp3) is 0.125. The molecule has 0 radical (unpaired) electrons. The molecule has 0 spiro atoms. The van der Waals surface area contributed by atoms with Crippen molar-refractivity contribution in [1.82, 2.24) is 20.2 Å². The van der Waals surface area contributed by atoms with E-state index in [4.69, 9.17) is 4.55 Å². The van der Waals surface area contributed by atoms with Crippen LogP contribution in [0.4, 0.5) is 0 Å². The zero-order valence-corrected chi connectivity index (χ0v) is 8.68. The molecule has 0 aliphatic heterocycles. The van der Waals surface area contributed by atoms with Gasteiger partial charge in [-0.25, -0.2) is 8.89 Å². The van der Waals surface area contributed by atoms with Crippen molar-refractivity contribution in [2.45, 2.75) is 4.90 Å². The highest BCUT2D eigenvalue weighted by Gasteiger charge is 2.07. The van der Waals surface area contributed by atoms with Gasteiger partial charge in [-0.2, -0.15) is 0 Å². The van der Waals surface area contributed by atoms with Crippen molar-refractivity contribution in [3.63, 3.8) is 0 Å². The molecule has 0 saturated carbocycles. The zero-order chi connectivity index (χ0) is 10.8. The van der Waals surface area contributed by atoms with Crippen LogP contribution in [0.1, 0.15) is 0 Å². The molecule has 0 fully saturated rings. The lowest BCUT2D eigenvalue weighted by Crippen LogP contribution is -1.95. The maximum Gasteiger partial charge on any atom is 0.186 e. The summed E-state index contributed by atoms with van der Waals surface area (Å²) in [7, 11) is 1.71. The van der Waals surface area contributed by atoms with Gasteiger partial charge in [0.1, 0.15) is 0 Å². The minimum absolute atomic E-state index is 0.329. The highest BCUT2D eigenvalue weighted by molar-refractivity contribution is 7.79. The van der Waals surface area contributed by atoms with E-state index in [0.29, 0.717) is 16.3 Å². The van der Waals surface area contributed by atoms with Crippen molar-refractivity contribution in [2.24, 2.45) is 7.05 Å². The molecule has 1 atom stereocenters. The summed E-state index contributed by atoms with van der Waals surface area (Å²) in [6.07, 6.45) is 0. The summed E-state index contributed by atoms with van der Waals surface area (Å²) >= 11 is -1.99. The van der Waals surface area contributed by atoms with E-state index in [2.05, 4.69) is 15.5 Å². The van der Waals surface area contributed by atoms with E-state index >= 15 is 0 Å². The average molecular weight is 224 g/mol. The first-order valence-electron chi connectivity index (χ1n) is 4.12. The van der Waals surface area contributed by atoms with Gasteiger partial charge in [0.05, 0.1) is 4.90 Å². The number of rotatable bonds is 2. The third-order valence-corrected chi connectivity index (χ3v) is 2.57. The Morgan fingerprint density at radius 3 is 2.87 bits per heavy atom. The summed E-state index contributed by atoms with van der Waals surface area (Å²) in [4.78, 5) is 0.329. The second-order valence-corrected chi connectivity index (χ2v) is 3.87. The molecule has 1 unspecified atom stereocenters. The van der Waals surface area contributed by atoms with Crippen LogP contribution in [-0.4, -0.2) is 29.0 Å². The third kappa shape index (κ3) is 1.92. The molecular formula is C8H8N4O2S. The van der Waals surface area contributed by atoms with Gasteiger partial charge >= 0.3 is 0 Å². The summed E-state index contributed by atoms with van der Waals surface area (Å²) in [6.45, 7) is 0. The molecule has 0 aliphatic rings. The van der Waals surface area contributed by atoms with Gasteiger partial charge in [-0.3, -0.25) is 0 Å². The summed E-state index contributed by atoms with van der Waals surface area (Å²) in [6, 6.07) is 6.63. The summed E-state index contributed by atoms with van der Waals surface area (Å²) < 4.78 is 21.3. The largest absolute Gasteiger partial charge is 0.302 e. The van der Waals surface area contributed by atoms with Crippen LogP contribution in [0.3, 0.4) is 0 Å². The van der Waals surface area contributed by atoms with E-state index in [9.17, 15) is 4.21 Å². The zero-order valence-electron chi connectivity index (χ0n) is 7.86. The lowest BCUT2D eigenvalue weighted by atomic mass is 10.2. The Kier molecular flexibility index (Phi) is 2.57. The van der Waals surface area contributed by atoms with Crippen LogP contribution in [-0.2, 0) is 18.1 Å². The molecule has 15 heavy (non-hydrogen) atoms. The first-order valence-corrected chi connectivity index (χ1v) is 5.23. The molecule has 78 valence electrons. The van der Waals surface area contributed by atoms with E-state index in [0.717, 1.165) is 0 Å².